The van der Waals surface area contributed by atoms with E-state index in [0.29, 0.717) is 23.3 Å². The third kappa shape index (κ3) is 3.63. The van der Waals surface area contributed by atoms with Gasteiger partial charge in [0, 0.05) is 18.5 Å². The van der Waals surface area contributed by atoms with Crippen molar-refractivity contribution in [3.8, 4) is 23.3 Å². The minimum absolute atomic E-state index is 0.0646. The molecule has 5 nitrogen and oxygen atoms in total. The highest BCUT2D eigenvalue weighted by molar-refractivity contribution is 6.00. The highest BCUT2D eigenvalue weighted by Crippen LogP contribution is 2.40. The van der Waals surface area contributed by atoms with Gasteiger partial charge in [-0.2, -0.15) is 8.78 Å². The van der Waals surface area contributed by atoms with Crippen molar-refractivity contribution in [2.75, 3.05) is 7.05 Å². The van der Waals surface area contributed by atoms with E-state index in [1.54, 1.807) is 28.6 Å². The Morgan fingerprint density at radius 2 is 2.00 bits per heavy atom. The Bertz CT molecular complexity index is 1220. The molecule has 160 valence electrons. The van der Waals surface area contributed by atoms with Crippen LogP contribution < -0.4 is 4.74 Å². The van der Waals surface area contributed by atoms with Gasteiger partial charge in [-0.15, -0.1) is 0 Å². The number of aromatic nitrogens is 2. The van der Waals surface area contributed by atoms with Gasteiger partial charge in [0.25, 0.3) is 5.91 Å². The number of carbonyl (C=O) groups is 1. The fraction of sp³-hybridized carbons (Fsp3) is 0.333. The standard InChI is InChI=1S/C24H23F2N3O2/c1-5-18-22-27-17-12-11-15(10-9-14(2)3)13-19(17)29(22)21-16(23(30)28(18)4)7-6-8-20(21)31-24(25)26/h6-8,11-14,18,24H,5H2,1-4H3. The van der Waals surface area contributed by atoms with Gasteiger partial charge in [-0.05, 0) is 36.8 Å². The molecule has 0 saturated carbocycles. The lowest BCUT2D eigenvalue weighted by atomic mass is 10.1. The van der Waals surface area contributed by atoms with Crippen molar-refractivity contribution in [3.63, 3.8) is 0 Å². The first kappa shape index (κ1) is 20.9. The van der Waals surface area contributed by atoms with Crippen molar-refractivity contribution >= 4 is 16.9 Å². The summed E-state index contributed by atoms with van der Waals surface area (Å²) in [5.74, 6) is 6.76. The largest absolute Gasteiger partial charge is 0.433 e. The number of hydrogen-bond acceptors (Lipinski definition) is 3. The van der Waals surface area contributed by atoms with Gasteiger partial charge in [0.05, 0.1) is 22.6 Å². The molecule has 0 saturated heterocycles. The van der Waals surface area contributed by atoms with Crippen molar-refractivity contribution in [1.82, 2.24) is 14.5 Å². The van der Waals surface area contributed by atoms with Crippen LogP contribution in [-0.2, 0) is 0 Å². The molecule has 2 heterocycles. The molecule has 0 fully saturated rings. The molecule has 1 atom stereocenters. The average molecular weight is 423 g/mol. The number of nitrogens with zero attached hydrogens (tertiary/aromatic N) is 3. The van der Waals surface area contributed by atoms with Gasteiger partial charge in [-0.1, -0.05) is 38.7 Å². The van der Waals surface area contributed by atoms with E-state index >= 15 is 0 Å². The lowest BCUT2D eigenvalue weighted by Crippen LogP contribution is -2.30. The van der Waals surface area contributed by atoms with Crippen LogP contribution in [0.4, 0.5) is 8.78 Å². The molecule has 1 unspecified atom stereocenters. The smallest absolute Gasteiger partial charge is 0.387 e. The summed E-state index contributed by atoms with van der Waals surface area (Å²) < 4.78 is 33.0. The second-order valence-corrected chi connectivity index (χ2v) is 7.80. The molecule has 1 amide bonds. The monoisotopic (exact) mass is 423 g/mol. The summed E-state index contributed by atoms with van der Waals surface area (Å²) >= 11 is 0. The summed E-state index contributed by atoms with van der Waals surface area (Å²) in [4.78, 5) is 19.6. The maximum Gasteiger partial charge on any atom is 0.387 e. The van der Waals surface area contributed by atoms with E-state index in [0.717, 1.165) is 5.56 Å². The third-order valence-corrected chi connectivity index (χ3v) is 5.33. The minimum Gasteiger partial charge on any atom is -0.433 e. The highest BCUT2D eigenvalue weighted by atomic mass is 19.3. The molecule has 1 aliphatic rings. The summed E-state index contributed by atoms with van der Waals surface area (Å²) in [6.45, 7) is 2.96. The number of rotatable bonds is 3. The number of amides is 1. The predicted octanol–water partition coefficient (Wildman–Crippen LogP) is 5.17. The summed E-state index contributed by atoms with van der Waals surface area (Å²) in [5.41, 5.74) is 2.75. The molecule has 0 N–H and O–H groups in total. The maximum absolute atomic E-state index is 13.2. The van der Waals surface area contributed by atoms with Gasteiger partial charge < -0.3 is 9.64 Å². The number of alkyl halides is 2. The van der Waals surface area contributed by atoms with E-state index in [9.17, 15) is 13.6 Å². The second kappa shape index (κ2) is 8.03. The third-order valence-electron chi connectivity index (χ3n) is 5.33. The number of carbonyl (C=O) groups excluding carboxylic acids is 1. The zero-order valence-electron chi connectivity index (χ0n) is 17.8. The van der Waals surface area contributed by atoms with Crippen LogP contribution in [0.5, 0.6) is 5.75 Å². The summed E-state index contributed by atoms with van der Waals surface area (Å²) in [7, 11) is 1.70. The molecular weight excluding hydrogens is 400 g/mol. The molecule has 1 aliphatic heterocycles. The van der Waals surface area contributed by atoms with Crippen LogP contribution >= 0.6 is 0 Å². The molecule has 1 aromatic heterocycles. The molecule has 2 aromatic carbocycles. The quantitative estimate of drug-likeness (QED) is 0.546. The Kier molecular flexibility index (Phi) is 5.40. The summed E-state index contributed by atoms with van der Waals surface area (Å²) in [6.07, 6.45) is 0.616. The molecule has 0 aliphatic carbocycles. The lowest BCUT2D eigenvalue weighted by Gasteiger charge is -2.24. The van der Waals surface area contributed by atoms with Crippen molar-refractivity contribution in [2.45, 2.75) is 39.8 Å². The average Bonchev–Trinajstić information content (AvgIpc) is 3.05. The summed E-state index contributed by atoms with van der Waals surface area (Å²) in [6, 6.07) is 9.94. The van der Waals surface area contributed by atoms with Gasteiger partial charge in [-0.25, -0.2) is 4.98 Å². The molecule has 0 bridgehead atoms. The number of imidazole rings is 1. The normalized spacial score (nSPS) is 15.5. The fourth-order valence-electron chi connectivity index (χ4n) is 3.94. The first-order valence-electron chi connectivity index (χ1n) is 10.2. The van der Waals surface area contributed by atoms with Gasteiger partial charge in [0.15, 0.2) is 5.75 Å². The van der Waals surface area contributed by atoms with Crippen LogP contribution in [0.2, 0.25) is 0 Å². The van der Waals surface area contributed by atoms with E-state index < -0.39 is 6.61 Å². The Morgan fingerprint density at radius 1 is 1.23 bits per heavy atom. The van der Waals surface area contributed by atoms with Crippen LogP contribution in [0, 0.1) is 17.8 Å². The number of para-hydroxylation sites is 1. The van der Waals surface area contributed by atoms with Crippen LogP contribution in [0.15, 0.2) is 36.4 Å². The molecule has 3 aromatic rings. The van der Waals surface area contributed by atoms with Crippen LogP contribution in [-0.4, -0.2) is 34.0 Å². The number of hydrogen-bond donors (Lipinski definition) is 0. The van der Waals surface area contributed by atoms with Crippen LogP contribution in [0.3, 0.4) is 0 Å². The van der Waals surface area contributed by atoms with E-state index in [1.165, 1.54) is 6.07 Å². The Balaban J connectivity index is 2.08. The van der Waals surface area contributed by atoms with Crippen LogP contribution in [0.25, 0.3) is 16.7 Å². The lowest BCUT2D eigenvalue weighted by molar-refractivity contribution is -0.0498. The second-order valence-electron chi connectivity index (χ2n) is 7.80. The topological polar surface area (TPSA) is 47.4 Å². The zero-order valence-corrected chi connectivity index (χ0v) is 17.8. The first-order valence-corrected chi connectivity index (χ1v) is 10.2. The van der Waals surface area contributed by atoms with E-state index in [-0.39, 0.29) is 34.9 Å². The van der Waals surface area contributed by atoms with Gasteiger partial charge in [-0.3, -0.25) is 9.36 Å². The van der Waals surface area contributed by atoms with Gasteiger partial charge in [0.1, 0.15) is 11.5 Å². The number of ether oxygens (including phenoxy) is 1. The molecule has 4 rings (SSSR count). The van der Waals surface area contributed by atoms with Crippen LogP contribution in [0.1, 0.15) is 55.0 Å². The Hall–Kier alpha value is -3.40. The SMILES string of the molecule is CCC1c2nc3ccc(C#CC(C)C)cc3n2-c2c(OC(F)F)cccc2C(=O)N1C. The minimum atomic E-state index is -3.02. The number of fused-ring (bicyclic) bond motifs is 5. The van der Waals surface area contributed by atoms with E-state index in [1.807, 2.05) is 39.0 Å². The van der Waals surface area contributed by atoms with Gasteiger partial charge >= 0.3 is 6.61 Å². The Morgan fingerprint density at radius 3 is 2.68 bits per heavy atom. The summed E-state index contributed by atoms with van der Waals surface area (Å²) in [5, 5.41) is 0. The highest BCUT2D eigenvalue weighted by Gasteiger charge is 2.35. The molecule has 0 radical (unpaired) electrons. The first-order chi connectivity index (χ1) is 14.8. The van der Waals surface area contributed by atoms with Gasteiger partial charge in [0.2, 0.25) is 0 Å². The molecule has 0 spiro atoms. The predicted molar refractivity (Wildman–Crippen MR) is 115 cm³/mol. The zero-order chi connectivity index (χ0) is 22.3. The molecular formula is C24H23F2N3O2. The van der Waals surface area contributed by atoms with Crippen molar-refractivity contribution in [3.05, 3.63) is 53.3 Å². The number of halogens is 2. The van der Waals surface area contributed by atoms with E-state index in [4.69, 9.17) is 9.72 Å². The molecule has 31 heavy (non-hydrogen) atoms. The fourth-order valence-corrected chi connectivity index (χ4v) is 3.94. The van der Waals surface area contributed by atoms with Crippen molar-refractivity contribution in [2.24, 2.45) is 5.92 Å². The van der Waals surface area contributed by atoms with Crippen molar-refractivity contribution in [1.29, 1.82) is 0 Å². The molecule has 7 heteroatoms. The Labute approximate surface area is 179 Å². The maximum atomic E-state index is 13.2. The van der Waals surface area contributed by atoms with E-state index in [2.05, 4.69) is 11.8 Å². The van der Waals surface area contributed by atoms with Crippen molar-refractivity contribution < 1.29 is 18.3 Å². The number of benzene rings is 2.